The molecule has 0 atom stereocenters. The van der Waals surface area contributed by atoms with Crippen LogP contribution >= 0.6 is 0 Å². The van der Waals surface area contributed by atoms with Gasteiger partial charge in [-0.1, -0.05) is 68.7 Å². The van der Waals surface area contributed by atoms with Crippen LogP contribution in [-0.4, -0.2) is 11.1 Å². The molecule has 132 valence electrons. The topological polar surface area (TPSA) is 17.0 Å². The highest BCUT2D eigenvalue weighted by Crippen LogP contribution is 2.23. The van der Waals surface area contributed by atoms with Crippen molar-refractivity contribution >= 4 is 10.9 Å². The molecule has 0 saturated carbocycles. The second-order valence-electron chi connectivity index (χ2n) is 6.96. The van der Waals surface area contributed by atoms with Gasteiger partial charge in [-0.05, 0) is 42.6 Å². The third-order valence-electron chi connectivity index (χ3n) is 5.00. The number of benzene rings is 2. The van der Waals surface area contributed by atoms with Crippen LogP contribution < -0.4 is 5.32 Å². The average molecular weight is 335 g/mol. The fraction of sp³-hybridized carbons (Fsp3) is 0.391. The molecular formula is C23H30N2. The van der Waals surface area contributed by atoms with Crippen molar-refractivity contribution in [3.05, 3.63) is 71.4 Å². The van der Waals surface area contributed by atoms with Gasteiger partial charge in [-0.15, -0.1) is 0 Å². The first kappa shape index (κ1) is 17.8. The molecule has 0 saturated heterocycles. The molecule has 1 heterocycles. The van der Waals surface area contributed by atoms with Crippen LogP contribution in [0.2, 0.25) is 0 Å². The third kappa shape index (κ3) is 4.52. The van der Waals surface area contributed by atoms with Gasteiger partial charge in [0, 0.05) is 30.2 Å². The number of aromatic nitrogens is 1. The van der Waals surface area contributed by atoms with E-state index in [1.165, 1.54) is 53.3 Å². The van der Waals surface area contributed by atoms with Gasteiger partial charge in [0.25, 0.3) is 0 Å². The molecule has 0 aliphatic rings. The number of nitrogens with one attached hydrogen (secondary N) is 1. The lowest BCUT2D eigenvalue weighted by atomic mass is 10.1. The molecule has 1 N–H and O–H groups in total. The zero-order valence-electron chi connectivity index (χ0n) is 15.6. The van der Waals surface area contributed by atoms with Crippen molar-refractivity contribution in [2.45, 2.75) is 52.6 Å². The standard InChI is InChI=1S/C23H30N2/c1-3-4-5-10-15-24-16-21-18-25(23-14-9-8-13-22(21)23)17-20-12-7-6-11-19(20)2/h6-9,11-14,18,24H,3-5,10,15-17H2,1-2H3. The number of hydrogen-bond acceptors (Lipinski definition) is 1. The van der Waals surface area contributed by atoms with Crippen LogP contribution in [0.1, 0.15) is 49.3 Å². The maximum absolute atomic E-state index is 3.63. The van der Waals surface area contributed by atoms with Crippen molar-refractivity contribution in [2.24, 2.45) is 0 Å². The van der Waals surface area contributed by atoms with Gasteiger partial charge in [-0.25, -0.2) is 0 Å². The van der Waals surface area contributed by atoms with Crippen molar-refractivity contribution < 1.29 is 0 Å². The Hall–Kier alpha value is -2.06. The van der Waals surface area contributed by atoms with Gasteiger partial charge in [0.2, 0.25) is 0 Å². The molecule has 0 amide bonds. The lowest BCUT2D eigenvalue weighted by molar-refractivity contribution is 0.598. The van der Waals surface area contributed by atoms with Gasteiger partial charge < -0.3 is 9.88 Å². The van der Waals surface area contributed by atoms with Crippen LogP contribution in [0.3, 0.4) is 0 Å². The summed E-state index contributed by atoms with van der Waals surface area (Å²) in [6.45, 7) is 7.45. The summed E-state index contributed by atoms with van der Waals surface area (Å²) >= 11 is 0. The van der Waals surface area contributed by atoms with Gasteiger partial charge in [-0.3, -0.25) is 0 Å². The van der Waals surface area contributed by atoms with E-state index < -0.39 is 0 Å². The monoisotopic (exact) mass is 334 g/mol. The quantitative estimate of drug-likeness (QED) is 0.499. The summed E-state index contributed by atoms with van der Waals surface area (Å²) in [7, 11) is 0. The van der Waals surface area contributed by atoms with Crippen LogP contribution in [0, 0.1) is 6.92 Å². The fourth-order valence-corrected chi connectivity index (χ4v) is 3.47. The highest BCUT2D eigenvalue weighted by atomic mass is 15.0. The lowest BCUT2D eigenvalue weighted by Gasteiger charge is -2.08. The van der Waals surface area contributed by atoms with Crippen molar-refractivity contribution in [1.29, 1.82) is 0 Å². The average Bonchev–Trinajstić information content (AvgIpc) is 2.98. The summed E-state index contributed by atoms with van der Waals surface area (Å²) in [6.07, 6.45) is 7.58. The normalized spacial score (nSPS) is 11.3. The predicted octanol–water partition coefficient (Wildman–Crippen LogP) is 5.67. The SMILES string of the molecule is CCCCCCNCc1cn(Cc2ccccc2C)c2ccccc12. The fourth-order valence-electron chi connectivity index (χ4n) is 3.47. The minimum atomic E-state index is 0.934. The number of fused-ring (bicyclic) bond motifs is 1. The highest BCUT2D eigenvalue weighted by molar-refractivity contribution is 5.84. The summed E-state index contributed by atoms with van der Waals surface area (Å²) in [5, 5.41) is 5.00. The van der Waals surface area contributed by atoms with Crippen LogP contribution in [0.15, 0.2) is 54.7 Å². The molecule has 2 nitrogen and oxygen atoms in total. The zero-order chi connectivity index (χ0) is 17.5. The number of hydrogen-bond donors (Lipinski definition) is 1. The largest absolute Gasteiger partial charge is 0.343 e. The zero-order valence-corrected chi connectivity index (χ0v) is 15.6. The molecule has 0 unspecified atom stereocenters. The summed E-state index contributed by atoms with van der Waals surface area (Å²) < 4.78 is 2.39. The molecule has 0 aliphatic carbocycles. The molecule has 0 fully saturated rings. The number of nitrogens with zero attached hydrogens (tertiary/aromatic N) is 1. The van der Waals surface area contributed by atoms with E-state index in [9.17, 15) is 0 Å². The van der Waals surface area contributed by atoms with E-state index in [0.29, 0.717) is 0 Å². The van der Waals surface area contributed by atoms with E-state index >= 15 is 0 Å². The Morgan fingerprint density at radius 1 is 0.880 bits per heavy atom. The van der Waals surface area contributed by atoms with Crippen molar-refractivity contribution in [3.63, 3.8) is 0 Å². The lowest BCUT2D eigenvalue weighted by Crippen LogP contribution is -2.14. The second-order valence-corrected chi connectivity index (χ2v) is 6.96. The highest BCUT2D eigenvalue weighted by Gasteiger charge is 2.09. The Labute approximate surface area is 151 Å². The van der Waals surface area contributed by atoms with E-state index in [-0.39, 0.29) is 0 Å². The summed E-state index contributed by atoms with van der Waals surface area (Å²) in [4.78, 5) is 0. The number of rotatable bonds is 9. The number of para-hydroxylation sites is 1. The Balaban J connectivity index is 1.73. The number of unbranched alkanes of at least 4 members (excludes halogenated alkanes) is 3. The molecule has 3 aromatic rings. The Kier molecular flexibility index (Phi) is 6.30. The molecule has 2 aromatic carbocycles. The van der Waals surface area contributed by atoms with Crippen LogP contribution in [0.25, 0.3) is 10.9 Å². The van der Waals surface area contributed by atoms with E-state index in [2.05, 4.69) is 78.5 Å². The molecule has 0 aliphatic heterocycles. The van der Waals surface area contributed by atoms with Gasteiger partial charge in [0.1, 0.15) is 0 Å². The first-order valence-electron chi connectivity index (χ1n) is 9.61. The second kappa shape index (κ2) is 8.87. The van der Waals surface area contributed by atoms with E-state index in [1.54, 1.807) is 0 Å². The minimum Gasteiger partial charge on any atom is -0.343 e. The molecule has 2 heteroatoms. The van der Waals surface area contributed by atoms with E-state index in [0.717, 1.165) is 19.6 Å². The van der Waals surface area contributed by atoms with E-state index in [1.807, 2.05) is 0 Å². The van der Waals surface area contributed by atoms with Crippen LogP contribution in [0.4, 0.5) is 0 Å². The molecule has 0 spiro atoms. The predicted molar refractivity (Wildman–Crippen MR) is 108 cm³/mol. The van der Waals surface area contributed by atoms with Crippen LogP contribution in [0.5, 0.6) is 0 Å². The first-order valence-corrected chi connectivity index (χ1v) is 9.61. The van der Waals surface area contributed by atoms with Crippen molar-refractivity contribution in [2.75, 3.05) is 6.54 Å². The van der Waals surface area contributed by atoms with Gasteiger partial charge >= 0.3 is 0 Å². The Morgan fingerprint density at radius 3 is 2.52 bits per heavy atom. The Bertz CT molecular complexity index is 801. The molecule has 0 bridgehead atoms. The summed E-state index contributed by atoms with van der Waals surface area (Å²) in [6, 6.07) is 17.4. The molecule has 25 heavy (non-hydrogen) atoms. The van der Waals surface area contributed by atoms with Gasteiger partial charge in [0.05, 0.1) is 0 Å². The van der Waals surface area contributed by atoms with E-state index in [4.69, 9.17) is 0 Å². The third-order valence-corrected chi connectivity index (χ3v) is 5.00. The molecule has 1 aromatic heterocycles. The summed E-state index contributed by atoms with van der Waals surface area (Å²) in [5.41, 5.74) is 5.48. The van der Waals surface area contributed by atoms with Crippen molar-refractivity contribution in [1.82, 2.24) is 9.88 Å². The van der Waals surface area contributed by atoms with Crippen LogP contribution in [-0.2, 0) is 13.1 Å². The molecule has 0 radical (unpaired) electrons. The minimum absolute atomic E-state index is 0.934. The van der Waals surface area contributed by atoms with Gasteiger partial charge in [0.15, 0.2) is 0 Å². The molecule has 3 rings (SSSR count). The maximum Gasteiger partial charge on any atom is 0.0486 e. The summed E-state index contributed by atoms with van der Waals surface area (Å²) in [5.74, 6) is 0. The maximum atomic E-state index is 3.63. The Morgan fingerprint density at radius 2 is 1.68 bits per heavy atom. The number of aryl methyl sites for hydroxylation is 1. The van der Waals surface area contributed by atoms with Crippen molar-refractivity contribution in [3.8, 4) is 0 Å². The van der Waals surface area contributed by atoms with Gasteiger partial charge in [-0.2, -0.15) is 0 Å². The first-order chi connectivity index (χ1) is 12.3. The molecular weight excluding hydrogens is 304 g/mol. The smallest absolute Gasteiger partial charge is 0.0486 e.